The van der Waals surface area contributed by atoms with Gasteiger partial charge in [0.2, 0.25) is 0 Å². The standard InChI is InChI=1S/C18H35NO5.C16H31NO5.C12H18O4.C10H14O4.2C4H11NO/c1-3-5-15-23-17(21)9-12-19(11-7-8-14-20)13-10-18(22)24-16-6-4-2;1-3-13-21-15(19)7-10-17(9-5-6-12-18)11-8-16(20)22-14-4-2;1-3-11(13)15-9-7-5-6-8-10-16-12(14)4-2;1-3-9(11)13-7-5-6-8-14-10(12)4-2;2*5-3-1-2-4-6/h20H,3-16H2,1-2H3;18H,3-14H2,1-2H3;3-4H,1-2,5-10H2;3-4H,1-2,5-8H2;2*6H,1-5H2. The van der Waals surface area contributed by atoms with Gasteiger partial charge in [-0.2, -0.15) is 0 Å². The fourth-order valence-corrected chi connectivity index (χ4v) is 6.14. The molecule has 24 nitrogen and oxygen atoms in total. The quantitative estimate of drug-likeness (QED) is 0.0155. The molecule has 0 unspecified atom stereocenters. The molecule has 0 aliphatic heterocycles. The zero-order valence-corrected chi connectivity index (χ0v) is 54.6. The molecule has 8 N–H and O–H groups in total. The Morgan fingerprint density at radius 3 is 0.761 bits per heavy atom. The Morgan fingerprint density at radius 1 is 0.307 bits per heavy atom. The molecule has 0 heterocycles. The highest BCUT2D eigenvalue weighted by Crippen LogP contribution is 2.05. The van der Waals surface area contributed by atoms with Crippen molar-refractivity contribution >= 4 is 47.8 Å². The number of unbranched alkanes of at least 4 members (excludes halogenated alkanes) is 10. The van der Waals surface area contributed by atoms with E-state index >= 15 is 0 Å². The first-order chi connectivity index (χ1) is 42.5. The van der Waals surface area contributed by atoms with Gasteiger partial charge in [0.1, 0.15) is 0 Å². The van der Waals surface area contributed by atoms with E-state index in [0.29, 0.717) is 131 Å². The molecule has 0 aromatic heterocycles. The van der Waals surface area contributed by atoms with Crippen LogP contribution in [-0.2, 0) is 76.3 Å². The number of carbonyl (C=O) groups excluding carboxylic acids is 8. The Bertz CT molecular complexity index is 1560. The molecule has 0 saturated heterocycles. The van der Waals surface area contributed by atoms with Crippen LogP contribution in [0.1, 0.15) is 182 Å². The molecule has 516 valence electrons. The summed E-state index contributed by atoms with van der Waals surface area (Å²) in [5, 5.41) is 34.0. The molecule has 0 bridgehead atoms. The van der Waals surface area contributed by atoms with Crippen molar-refractivity contribution in [3.8, 4) is 0 Å². The first-order valence-electron chi connectivity index (χ1n) is 31.6. The van der Waals surface area contributed by atoms with Crippen LogP contribution in [0.15, 0.2) is 50.6 Å². The first kappa shape index (κ1) is 93.5. The summed E-state index contributed by atoms with van der Waals surface area (Å²) < 4.78 is 39.4. The SMILES string of the molecule is C=CC(=O)OCCCCCCOC(=O)C=C.C=CC(=O)OCCCCOC(=O)C=C.CCCCOC(=O)CCN(CCCCO)CCC(=O)OCCCC.CCCOC(=O)CCN(CCCCO)CCC(=O)OCCC.NCCCCO.NCCCCO. The molecule has 0 amide bonds. The molecule has 0 rings (SSSR count). The van der Waals surface area contributed by atoms with Crippen LogP contribution in [0.2, 0.25) is 0 Å². The zero-order valence-electron chi connectivity index (χ0n) is 54.6. The maximum Gasteiger partial charge on any atom is 0.330 e. The van der Waals surface area contributed by atoms with E-state index in [4.69, 9.17) is 69.8 Å². The van der Waals surface area contributed by atoms with E-state index in [0.717, 1.165) is 153 Å². The van der Waals surface area contributed by atoms with Gasteiger partial charge in [-0.3, -0.25) is 19.2 Å². The van der Waals surface area contributed by atoms with Crippen molar-refractivity contribution in [1.82, 2.24) is 9.80 Å². The van der Waals surface area contributed by atoms with Gasteiger partial charge in [-0.15, -0.1) is 0 Å². The molecule has 0 atom stereocenters. The van der Waals surface area contributed by atoms with E-state index < -0.39 is 11.9 Å². The second kappa shape index (κ2) is 81.4. The average Bonchev–Trinajstić information content (AvgIpc) is 3.58. The van der Waals surface area contributed by atoms with Crippen LogP contribution >= 0.6 is 0 Å². The molecule has 0 spiro atoms. The molecule has 0 aromatic carbocycles. The maximum absolute atomic E-state index is 11.7. The van der Waals surface area contributed by atoms with Crippen molar-refractivity contribution in [2.45, 2.75) is 182 Å². The van der Waals surface area contributed by atoms with Gasteiger partial charge in [0, 0.05) is 76.9 Å². The van der Waals surface area contributed by atoms with Crippen LogP contribution in [0.25, 0.3) is 0 Å². The zero-order chi connectivity index (χ0) is 67.4. The first-order valence-corrected chi connectivity index (χ1v) is 31.6. The summed E-state index contributed by atoms with van der Waals surface area (Å²) in [6.45, 7) is 30.5. The van der Waals surface area contributed by atoms with E-state index in [1.807, 2.05) is 13.8 Å². The van der Waals surface area contributed by atoms with Gasteiger partial charge >= 0.3 is 47.8 Å². The number of esters is 8. The van der Waals surface area contributed by atoms with Gasteiger partial charge in [-0.1, -0.05) is 66.9 Å². The molecule has 0 fully saturated rings. The minimum absolute atomic E-state index is 0.158. The van der Waals surface area contributed by atoms with Crippen molar-refractivity contribution in [3.05, 3.63) is 50.6 Å². The van der Waals surface area contributed by atoms with E-state index in [-0.39, 0.29) is 62.2 Å². The Labute approximate surface area is 528 Å². The van der Waals surface area contributed by atoms with Gasteiger partial charge < -0.3 is 79.6 Å². The summed E-state index contributed by atoms with van der Waals surface area (Å²) in [7, 11) is 0. The average molecular weight is 1270 g/mol. The normalized spacial score (nSPS) is 9.95. The number of aliphatic hydroxyl groups is 4. The highest BCUT2D eigenvalue weighted by molar-refractivity contribution is 5.82. The number of hydrogen-bond acceptors (Lipinski definition) is 24. The van der Waals surface area contributed by atoms with Gasteiger partial charge in [-0.05, 0) is 142 Å². The predicted octanol–water partition coefficient (Wildman–Crippen LogP) is 6.94. The van der Waals surface area contributed by atoms with Gasteiger partial charge in [0.05, 0.1) is 78.5 Å². The van der Waals surface area contributed by atoms with Crippen molar-refractivity contribution in [1.29, 1.82) is 0 Å². The fraction of sp³-hybridized carbons (Fsp3) is 0.750. The monoisotopic (exact) mass is 1260 g/mol. The van der Waals surface area contributed by atoms with E-state index in [2.05, 4.69) is 50.0 Å². The largest absolute Gasteiger partial charge is 0.466 e. The lowest BCUT2D eigenvalue weighted by Gasteiger charge is -2.21. The topological polar surface area (TPSA) is 350 Å². The molecular weight excluding hydrogens is 1140 g/mol. The Balaban J connectivity index is -0.000000243. The lowest BCUT2D eigenvalue weighted by atomic mass is 10.2. The van der Waals surface area contributed by atoms with E-state index in [1.54, 1.807) is 0 Å². The molecule has 88 heavy (non-hydrogen) atoms. The van der Waals surface area contributed by atoms with Crippen LogP contribution in [0, 0.1) is 0 Å². The second-order valence-electron chi connectivity index (χ2n) is 19.2. The van der Waals surface area contributed by atoms with Crippen molar-refractivity contribution in [3.63, 3.8) is 0 Å². The van der Waals surface area contributed by atoms with Crippen molar-refractivity contribution in [2.75, 3.05) is 132 Å². The van der Waals surface area contributed by atoms with Gasteiger partial charge in [-0.25, -0.2) is 19.2 Å². The van der Waals surface area contributed by atoms with Gasteiger partial charge in [0.25, 0.3) is 0 Å². The maximum atomic E-state index is 11.7. The van der Waals surface area contributed by atoms with Crippen LogP contribution in [0.4, 0.5) is 0 Å². The lowest BCUT2D eigenvalue weighted by molar-refractivity contribution is -0.146. The third kappa shape index (κ3) is 86.8. The van der Waals surface area contributed by atoms with Crippen molar-refractivity contribution < 1.29 is 96.7 Å². The predicted molar refractivity (Wildman–Crippen MR) is 341 cm³/mol. The number of nitrogens with zero attached hydrogens (tertiary/aromatic N) is 2. The second-order valence-corrected chi connectivity index (χ2v) is 19.2. The molecule has 0 radical (unpaired) electrons. The lowest BCUT2D eigenvalue weighted by Crippen LogP contribution is -2.31. The minimum atomic E-state index is -0.437. The van der Waals surface area contributed by atoms with Gasteiger partial charge in [0.15, 0.2) is 0 Å². The molecule has 0 aliphatic carbocycles. The van der Waals surface area contributed by atoms with Crippen LogP contribution in [0.5, 0.6) is 0 Å². The number of aliphatic hydroxyl groups excluding tert-OH is 4. The number of ether oxygens (including phenoxy) is 8. The molecule has 0 aromatic rings. The van der Waals surface area contributed by atoms with Crippen LogP contribution in [0.3, 0.4) is 0 Å². The number of rotatable bonds is 52. The Kier molecular flexibility index (Phi) is 86.5. The fourth-order valence-electron chi connectivity index (χ4n) is 6.14. The third-order valence-electron chi connectivity index (χ3n) is 11.2. The Morgan fingerprint density at radius 2 is 0.545 bits per heavy atom. The molecule has 0 aliphatic rings. The van der Waals surface area contributed by atoms with Crippen LogP contribution < -0.4 is 11.5 Å². The summed E-state index contributed by atoms with van der Waals surface area (Å²) in [6, 6.07) is 0. The minimum Gasteiger partial charge on any atom is -0.466 e. The molecule has 24 heteroatoms. The van der Waals surface area contributed by atoms with E-state index in [1.165, 1.54) is 0 Å². The number of hydrogen-bond donors (Lipinski definition) is 6. The number of nitrogens with two attached hydrogens (primary N) is 2. The Hall–Kier alpha value is -5.60. The van der Waals surface area contributed by atoms with Crippen LogP contribution in [-0.4, -0.2) is 210 Å². The molecule has 0 saturated carbocycles. The molecular formula is C64H120N4O20. The summed E-state index contributed by atoms with van der Waals surface area (Å²) in [6.07, 6.45) is 22.7. The highest BCUT2D eigenvalue weighted by atomic mass is 16.6. The van der Waals surface area contributed by atoms with E-state index in [9.17, 15) is 38.4 Å². The highest BCUT2D eigenvalue weighted by Gasteiger charge is 2.14. The summed E-state index contributed by atoms with van der Waals surface area (Å²) in [5.41, 5.74) is 10.2. The third-order valence-corrected chi connectivity index (χ3v) is 11.2. The van der Waals surface area contributed by atoms with Crippen molar-refractivity contribution in [2.24, 2.45) is 11.5 Å². The summed E-state index contributed by atoms with van der Waals surface area (Å²) >= 11 is 0. The summed E-state index contributed by atoms with van der Waals surface area (Å²) in [4.78, 5) is 93.0. The summed E-state index contributed by atoms with van der Waals surface area (Å²) in [5.74, 6) is -2.45. The smallest absolute Gasteiger partial charge is 0.330 e. The number of carbonyl (C=O) groups is 8.